The van der Waals surface area contributed by atoms with Crippen LogP contribution in [0.1, 0.15) is 12.0 Å². The van der Waals surface area contributed by atoms with Crippen molar-refractivity contribution in [1.29, 1.82) is 0 Å². The van der Waals surface area contributed by atoms with Crippen molar-refractivity contribution in [2.75, 3.05) is 11.5 Å². The molecule has 0 N–H and O–H groups in total. The Morgan fingerprint density at radius 2 is 2.05 bits per heavy atom. The zero-order valence-electron chi connectivity index (χ0n) is 11.2. The average molecular weight is 325 g/mol. The van der Waals surface area contributed by atoms with E-state index in [0.717, 1.165) is 24.4 Å². The lowest BCUT2D eigenvalue weighted by Gasteiger charge is -2.28. The van der Waals surface area contributed by atoms with E-state index in [2.05, 4.69) is 51.4 Å². The molecule has 0 amide bonds. The van der Waals surface area contributed by atoms with E-state index in [4.69, 9.17) is 11.6 Å². The minimum atomic E-state index is 0.264. The number of thioether (sulfide) groups is 2. The van der Waals surface area contributed by atoms with Crippen LogP contribution in [0.2, 0.25) is 5.02 Å². The highest BCUT2D eigenvalue weighted by Crippen LogP contribution is 2.48. The fourth-order valence-electron chi connectivity index (χ4n) is 2.50. The van der Waals surface area contributed by atoms with Gasteiger partial charge in [0.1, 0.15) is 0 Å². The number of imidazole rings is 1. The van der Waals surface area contributed by atoms with Crippen molar-refractivity contribution in [3.05, 3.63) is 53.6 Å². The van der Waals surface area contributed by atoms with Crippen LogP contribution in [0.3, 0.4) is 0 Å². The summed E-state index contributed by atoms with van der Waals surface area (Å²) in [5.74, 6) is 2.48. The van der Waals surface area contributed by atoms with Gasteiger partial charge in [0, 0.05) is 35.5 Å². The quantitative estimate of drug-likeness (QED) is 0.814. The number of hydrogen-bond acceptors (Lipinski definition) is 3. The third-order valence-electron chi connectivity index (χ3n) is 3.53. The van der Waals surface area contributed by atoms with E-state index in [9.17, 15) is 0 Å². The van der Waals surface area contributed by atoms with Crippen molar-refractivity contribution in [2.24, 2.45) is 0 Å². The molecule has 1 aliphatic rings. The Labute approximate surface area is 133 Å². The Morgan fingerprint density at radius 3 is 2.75 bits per heavy atom. The van der Waals surface area contributed by atoms with Crippen molar-refractivity contribution in [3.8, 4) is 0 Å². The number of aromatic nitrogens is 2. The molecule has 1 fully saturated rings. The van der Waals surface area contributed by atoms with E-state index in [1.165, 1.54) is 17.1 Å². The number of rotatable bonds is 5. The highest BCUT2D eigenvalue weighted by atomic mass is 35.5. The number of hydrogen-bond donors (Lipinski definition) is 0. The minimum Gasteiger partial charge on any atom is -0.335 e. The maximum absolute atomic E-state index is 6.27. The van der Waals surface area contributed by atoms with Crippen LogP contribution in [-0.4, -0.2) is 25.1 Å². The number of aryl methyl sites for hydroxylation is 1. The molecule has 0 spiro atoms. The molecule has 3 rings (SSSR count). The smallest absolute Gasteiger partial charge is 0.0946 e. The molecule has 0 atom stereocenters. The Hall–Kier alpha value is -0.580. The third-order valence-corrected chi connectivity index (χ3v) is 7.40. The van der Waals surface area contributed by atoms with Crippen LogP contribution in [-0.2, 0) is 13.0 Å². The summed E-state index contributed by atoms with van der Waals surface area (Å²) in [6, 6.07) is 8.18. The molecule has 1 saturated heterocycles. The van der Waals surface area contributed by atoms with Crippen LogP contribution in [0.25, 0.3) is 0 Å². The predicted octanol–water partition coefficient (Wildman–Crippen LogP) is 4.35. The van der Waals surface area contributed by atoms with Crippen molar-refractivity contribution in [1.82, 2.24) is 9.55 Å². The summed E-state index contributed by atoms with van der Waals surface area (Å²) in [4.78, 5) is 4.15. The lowest BCUT2D eigenvalue weighted by atomic mass is 10.1. The van der Waals surface area contributed by atoms with Crippen molar-refractivity contribution in [3.63, 3.8) is 0 Å². The van der Waals surface area contributed by atoms with Gasteiger partial charge in [0.2, 0.25) is 0 Å². The average Bonchev–Trinajstić information content (AvgIpc) is 3.11. The zero-order valence-corrected chi connectivity index (χ0v) is 13.6. The molecule has 1 aromatic heterocycles. The van der Waals surface area contributed by atoms with Crippen LogP contribution in [0.15, 0.2) is 43.0 Å². The van der Waals surface area contributed by atoms with Gasteiger partial charge in [-0.3, -0.25) is 0 Å². The molecule has 1 aromatic carbocycles. The lowest BCUT2D eigenvalue weighted by molar-refractivity contribution is 0.592. The maximum Gasteiger partial charge on any atom is 0.0946 e. The van der Waals surface area contributed by atoms with Gasteiger partial charge in [0.05, 0.1) is 10.4 Å². The van der Waals surface area contributed by atoms with Crippen molar-refractivity contribution < 1.29 is 0 Å². The van der Waals surface area contributed by atoms with Gasteiger partial charge in [0.15, 0.2) is 0 Å². The van der Waals surface area contributed by atoms with E-state index < -0.39 is 0 Å². The van der Waals surface area contributed by atoms with E-state index in [-0.39, 0.29) is 4.08 Å². The normalized spacial score (nSPS) is 17.4. The van der Waals surface area contributed by atoms with Gasteiger partial charge in [-0.25, -0.2) is 4.98 Å². The highest BCUT2D eigenvalue weighted by molar-refractivity contribution is 8.21. The Balaban J connectivity index is 1.70. The second-order valence-electron chi connectivity index (χ2n) is 4.93. The third kappa shape index (κ3) is 3.35. The van der Waals surface area contributed by atoms with Crippen LogP contribution in [0.4, 0.5) is 0 Å². The molecule has 1 aliphatic heterocycles. The Morgan fingerprint density at radius 1 is 1.25 bits per heavy atom. The second kappa shape index (κ2) is 6.46. The SMILES string of the molecule is Clc1ccccc1CCC1(Cn2ccnc2)SCCS1. The van der Waals surface area contributed by atoms with Crippen LogP contribution < -0.4 is 0 Å². The highest BCUT2D eigenvalue weighted by Gasteiger charge is 2.35. The number of nitrogens with zero attached hydrogens (tertiary/aromatic N) is 2. The largest absolute Gasteiger partial charge is 0.335 e. The second-order valence-corrected chi connectivity index (χ2v) is 8.56. The molecular weight excluding hydrogens is 308 g/mol. The molecule has 106 valence electrons. The fourth-order valence-corrected chi connectivity index (χ4v) is 5.94. The monoisotopic (exact) mass is 324 g/mol. The van der Waals surface area contributed by atoms with Gasteiger partial charge in [-0.2, -0.15) is 0 Å². The summed E-state index contributed by atoms with van der Waals surface area (Å²) in [5.41, 5.74) is 1.26. The first kappa shape index (κ1) is 14.4. The molecular formula is C15H17ClN2S2. The molecule has 0 aliphatic carbocycles. The first-order valence-corrected chi connectivity index (χ1v) is 9.09. The lowest BCUT2D eigenvalue weighted by Crippen LogP contribution is -2.25. The number of halogens is 1. The van der Waals surface area contributed by atoms with Gasteiger partial charge < -0.3 is 4.57 Å². The standard InChI is InChI=1S/C15H17ClN2S2/c16-14-4-2-1-3-13(14)5-6-15(19-9-10-20-15)11-18-8-7-17-12-18/h1-4,7-8,12H,5-6,9-11H2. The van der Waals surface area contributed by atoms with Gasteiger partial charge in [-0.15, -0.1) is 23.5 Å². The first-order valence-electron chi connectivity index (χ1n) is 6.74. The topological polar surface area (TPSA) is 17.8 Å². The molecule has 2 heterocycles. The van der Waals surface area contributed by atoms with Crippen molar-refractivity contribution in [2.45, 2.75) is 23.5 Å². The van der Waals surface area contributed by atoms with E-state index >= 15 is 0 Å². The molecule has 0 bridgehead atoms. The molecule has 2 aromatic rings. The van der Waals surface area contributed by atoms with Crippen molar-refractivity contribution >= 4 is 35.1 Å². The van der Waals surface area contributed by atoms with Gasteiger partial charge in [0.25, 0.3) is 0 Å². The molecule has 5 heteroatoms. The zero-order chi connectivity index (χ0) is 13.8. The summed E-state index contributed by atoms with van der Waals surface area (Å²) in [7, 11) is 0. The molecule has 0 radical (unpaired) electrons. The van der Waals surface area contributed by atoms with Gasteiger partial charge in [-0.05, 0) is 24.5 Å². The maximum atomic E-state index is 6.27. The Kier molecular flexibility index (Phi) is 4.64. The van der Waals surface area contributed by atoms with Crippen LogP contribution in [0.5, 0.6) is 0 Å². The Bertz CT molecular complexity index is 551. The summed E-state index contributed by atoms with van der Waals surface area (Å²) >= 11 is 10.4. The molecule has 0 unspecified atom stereocenters. The fraction of sp³-hybridized carbons (Fsp3) is 0.400. The summed E-state index contributed by atoms with van der Waals surface area (Å²) < 4.78 is 2.46. The van der Waals surface area contributed by atoms with E-state index in [1.54, 1.807) is 0 Å². The first-order chi connectivity index (χ1) is 9.77. The summed E-state index contributed by atoms with van der Waals surface area (Å²) in [5, 5.41) is 0.887. The minimum absolute atomic E-state index is 0.264. The molecule has 0 saturated carbocycles. The number of benzene rings is 1. The molecule has 20 heavy (non-hydrogen) atoms. The van der Waals surface area contributed by atoms with Gasteiger partial charge >= 0.3 is 0 Å². The predicted molar refractivity (Wildman–Crippen MR) is 89.6 cm³/mol. The van der Waals surface area contributed by atoms with E-state index in [1.807, 2.05) is 24.7 Å². The van der Waals surface area contributed by atoms with Gasteiger partial charge in [-0.1, -0.05) is 29.8 Å². The van der Waals surface area contributed by atoms with Crippen LogP contribution >= 0.6 is 35.1 Å². The van der Waals surface area contributed by atoms with E-state index in [0.29, 0.717) is 0 Å². The summed E-state index contributed by atoms with van der Waals surface area (Å²) in [6.07, 6.45) is 8.00. The summed E-state index contributed by atoms with van der Waals surface area (Å²) in [6.45, 7) is 1.02. The van der Waals surface area contributed by atoms with Crippen LogP contribution in [0, 0.1) is 0 Å². The molecule has 2 nitrogen and oxygen atoms in total.